The van der Waals surface area contributed by atoms with Crippen LogP contribution < -0.4 is 4.90 Å². The van der Waals surface area contributed by atoms with Crippen LogP contribution in [-0.4, -0.2) is 38.8 Å². The third kappa shape index (κ3) is 2.83. The van der Waals surface area contributed by atoms with E-state index in [-0.39, 0.29) is 18.1 Å². The molecule has 0 radical (unpaired) electrons. The molecule has 1 aliphatic heterocycles. The van der Waals surface area contributed by atoms with Gasteiger partial charge in [-0.15, -0.1) is 5.10 Å². The minimum absolute atomic E-state index is 0.173. The van der Waals surface area contributed by atoms with Crippen molar-refractivity contribution in [2.75, 3.05) is 11.4 Å². The summed E-state index contributed by atoms with van der Waals surface area (Å²) >= 11 is 0. The number of cyclic esters (lactones) is 1. The number of aliphatic hydroxyl groups is 1. The predicted molar refractivity (Wildman–Crippen MR) is 86.5 cm³/mol. The zero-order valence-corrected chi connectivity index (χ0v) is 13.5. The van der Waals surface area contributed by atoms with Gasteiger partial charge in [0.15, 0.2) is 0 Å². The van der Waals surface area contributed by atoms with Crippen LogP contribution in [0.1, 0.15) is 24.1 Å². The monoisotopic (exact) mass is 339 g/mol. The van der Waals surface area contributed by atoms with Crippen molar-refractivity contribution in [1.82, 2.24) is 15.0 Å². The van der Waals surface area contributed by atoms with Gasteiger partial charge in [-0.1, -0.05) is 17.3 Å². The van der Waals surface area contributed by atoms with Gasteiger partial charge in [0.2, 0.25) is 0 Å². The van der Waals surface area contributed by atoms with Crippen LogP contribution in [0.4, 0.5) is 10.5 Å². The quantitative estimate of drug-likeness (QED) is 0.882. The Bertz CT molecular complexity index is 835. The van der Waals surface area contributed by atoms with Gasteiger partial charge in [-0.05, 0) is 30.5 Å². The lowest BCUT2D eigenvalue weighted by Crippen LogP contribution is -2.26. The van der Waals surface area contributed by atoms with E-state index >= 15 is 0 Å². The molecule has 128 valence electrons. The Kier molecular flexibility index (Phi) is 3.66. The molecule has 1 aromatic heterocycles. The standard InChI is InChI=1S/C17H17N5O3/c18-11-17(5-6-17)12-1-3-14(4-2-12)22-9-15(25-16(22)24)8-21-7-13(10-23)19-20-21/h1-4,7,15,23H,5-6,8-10H2. The minimum Gasteiger partial charge on any atom is -0.442 e. The van der Waals surface area contributed by atoms with Crippen molar-refractivity contribution in [1.29, 1.82) is 5.26 Å². The van der Waals surface area contributed by atoms with Gasteiger partial charge < -0.3 is 9.84 Å². The molecule has 2 aromatic rings. The highest BCUT2D eigenvalue weighted by Crippen LogP contribution is 2.47. The molecular weight excluding hydrogens is 322 g/mol. The Morgan fingerprint density at radius 3 is 2.72 bits per heavy atom. The van der Waals surface area contributed by atoms with Crippen LogP contribution in [0.25, 0.3) is 0 Å². The van der Waals surface area contributed by atoms with E-state index in [9.17, 15) is 10.1 Å². The number of anilines is 1. The average molecular weight is 339 g/mol. The number of benzene rings is 1. The number of nitrogens with zero attached hydrogens (tertiary/aromatic N) is 5. The van der Waals surface area contributed by atoms with Gasteiger partial charge in [-0.2, -0.15) is 5.26 Å². The molecule has 1 aliphatic carbocycles. The summed E-state index contributed by atoms with van der Waals surface area (Å²) in [7, 11) is 0. The molecule has 1 amide bonds. The van der Waals surface area contributed by atoms with E-state index in [4.69, 9.17) is 9.84 Å². The molecule has 2 heterocycles. The summed E-state index contributed by atoms with van der Waals surface area (Å²) in [6.07, 6.45) is 2.67. The summed E-state index contributed by atoms with van der Waals surface area (Å²) < 4.78 is 6.95. The number of aromatic nitrogens is 3. The molecule has 0 spiro atoms. The maximum atomic E-state index is 12.2. The molecule has 1 aromatic carbocycles. The highest BCUT2D eigenvalue weighted by atomic mass is 16.6. The van der Waals surface area contributed by atoms with E-state index in [0.717, 1.165) is 24.1 Å². The summed E-state index contributed by atoms with van der Waals surface area (Å²) in [5.41, 5.74) is 1.90. The van der Waals surface area contributed by atoms with Crippen molar-refractivity contribution in [2.45, 2.75) is 37.5 Å². The molecule has 4 rings (SSSR count). The van der Waals surface area contributed by atoms with E-state index in [2.05, 4.69) is 16.4 Å². The molecule has 2 aliphatic rings. The minimum atomic E-state index is -0.401. The molecule has 1 unspecified atom stereocenters. The van der Waals surface area contributed by atoms with Crippen LogP contribution in [0.5, 0.6) is 0 Å². The molecule has 1 atom stereocenters. The number of rotatable bonds is 5. The second kappa shape index (κ2) is 5.86. The topological polar surface area (TPSA) is 104 Å². The molecule has 25 heavy (non-hydrogen) atoms. The fourth-order valence-corrected chi connectivity index (χ4v) is 3.09. The molecule has 0 bridgehead atoms. The van der Waals surface area contributed by atoms with Crippen molar-refractivity contribution >= 4 is 11.8 Å². The maximum Gasteiger partial charge on any atom is 0.414 e. The van der Waals surface area contributed by atoms with Crippen LogP contribution in [0.15, 0.2) is 30.5 Å². The molecular formula is C17H17N5O3. The SMILES string of the molecule is N#CC1(c2ccc(N3CC(Cn4cc(CO)nn4)OC3=O)cc2)CC1. The predicted octanol–water partition coefficient (Wildman–Crippen LogP) is 1.35. The molecule has 8 heteroatoms. The number of ether oxygens (including phenoxy) is 1. The van der Waals surface area contributed by atoms with E-state index in [1.165, 1.54) is 0 Å². The Morgan fingerprint density at radius 2 is 2.12 bits per heavy atom. The maximum absolute atomic E-state index is 12.2. The Balaban J connectivity index is 1.44. The van der Waals surface area contributed by atoms with Crippen LogP contribution in [0.2, 0.25) is 0 Å². The number of nitriles is 1. The Hall–Kier alpha value is -2.92. The molecule has 2 fully saturated rings. The van der Waals surface area contributed by atoms with Crippen molar-refractivity contribution < 1.29 is 14.6 Å². The Morgan fingerprint density at radius 1 is 1.36 bits per heavy atom. The number of hydrogen-bond donors (Lipinski definition) is 1. The van der Waals surface area contributed by atoms with E-state index in [1.54, 1.807) is 15.8 Å². The summed E-state index contributed by atoms with van der Waals surface area (Å²) in [6, 6.07) is 9.91. The first kappa shape index (κ1) is 15.6. The zero-order chi connectivity index (χ0) is 17.4. The van der Waals surface area contributed by atoms with Crippen molar-refractivity contribution in [3.8, 4) is 6.07 Å². The van der Waals surface area contributed by atoms with E-state index in [1.807, 2.05) is 24.3 Å². The normalized spacial score (nSPS) is 21.0. The van der Waals surface area contributed by atoms with Gasteiger partial charge in [0, 0.05) is 5.69 Å². The fourth-order valence-electron chi connectivity index (χ4n) is 3.09. The van der Waals surface area contributed by atoms with Gasteiger partial charge in [-0.3, -0.25) is 4.90 Å². The first-order valence-corrected chi connectivity index (χ1v) is 8.13. The van der Waals surface area contributed by atoms with Crippen LogP contribution in [0, 0.1) is 11.3 Å². The summed E-state index contributed by atoms with van der Waals surface area (Å²) in [5.74, 6) is 0. The first-order chi connectivity index (χ1) is 12.1. The van der Waals surface area contributed by atoms with Crippen molar-refractivity contribution in [2.24, 2.45) is 0 Å². The number of amides is 1. The number of carbonyl (C=O) groups excluding carboxylic acids is 1. The second-order valence-electron chi connectivity index (χ2n) is 6.45. The number of hydrogen-bond acceptors (Lipinski definition) is 6. The molecule has 1 N–H and O–H groups in total. The first-order valence-electron chi connectivity index (χ1n) is 8.13. The van der Waals surface area contributed by atoms with Gasteiger partial charge in [0.1, 0.15) is 11.8 Å². The van der Waals surface area contributed by atoms with Crippen molar-refractivity contribution in [3.05, 3.63) is 41.7 Å². The van der Waals surface area contributed by atoms with Crippen LogP contribution in [-0.2, 0) is 23.3 Å². The van der Waals surface area contributed by atoms with Crippen LogP contribution >= 0.6 is 0 Å². The van der Waals surface area contributed by atoms with E-state index in [0.29, 0.717) is 18.8 Å². The van der Waals surface area contributed by atoms with Crippen LogP contribution in [0.3, 0.4) is 0 Å². The highest BCUT2D eigenvalue weighted by molar-refractivity contribution is 5.89. The summed E-state index contributed by atoms with van der Waals surface area (Å²) in [4.78, 5) is 13.7. The summed E-state index contributed by atoms with van der Waals surface area (Å²) in [5, 5.41) is 26.0. The zero-order valence-electron chi connectivity index (χ0n) is 13.5. The summed E-state index contributed by atoms with van der Waals surface area (Å²) in [6.45, 7) is 0.619. The highest BCUT2D eigenvalue weighted by Gasteiger charge is 2.45. The molecule has 8 nitrogen and oxygen atoms in total. The van der Waals surface area contributed by atoms with Gasteiger partial charge in [0.25, 0.3) is 0 Å². The van der Waals surface area contributed by atoms with Gasteiger partial charge in [0.05, 0.1) is 37.4 Å². The third-order valence-electron chi connectivity index (χ3n) is 4.71. The lowest BCUT2D eigenvalue weighted by molar-refractivity contribution is 0.129. The average Bonchev–Trinajstić information content (AvgIpc) is 3.17. The lowest BCUT2D eigenvalue weighted by Gasteiger charge is -2.14. The smallest absolute Gasteiger partial charge is 0.414 e. The molecule has 1 saturated heterocycles. The third-order valence-corrected chi connectivity index (χ3v) is 4.71. The fraction of sp³-hybridized carbons (Fsp3) is 0.412. The van der Waals surface area contributed by atoms with E-state index < -0.39 is 6.09 Å². The van der Waals surface area contributed by atoms with Gasteiger partial charge in [-0.25, -0.2) is 9.48 Å². The van der Waals surface area contributed by atoms with Gasteiger partial charge >= 0.3 is 6.09 Å². The molecule has 1 saturated carbocycles. The second-order valence-corrected chi connectivity index (χ2v) is 6.45. The lowest BCUT2D eigenvalue weighted by atomic mass is 9.97. The Labute approximate surface area is 144 Å². The van der Waals surface area contributed by atoms with Crippen molar-refractivity contribution in [3.63, 3.8) is 0 Å². The largest absolute Gasteiger partial charge is 0.442 e. The number of carbonyl (C=O) groups is 1. The number of aliphatic hydroxyl groups excluding tert-OH is 1.